The first-order valence-electron chi connectivity index (χ1n) is 18.5. The third-order valence-corrected chi connectivity index (χ3v) is 11.3. The third kappa shape index (κ3) is 6.10. The molecule has 2 heterocycles. The Morgan fingerprint density at radius 2 is 1.09 bits per heavy atom. The van der Waals surface area contributed by atoms with E-state index in [1.165, 1.54) is 16.7 Å². The van der Waals surface area contributed by atoms with Gasteiger partial charge in [-0.3, -0.25) is 0 Å². The van der Waals surface area contributed by atoms with Crippen LogP contribution in [0.25, 0.3) is 33.4 Å². The molecule has 0 N–H and O–H groups in total. The number of nitrogens with zero attached hydrogens (tertiary/aromatic N) is 1. The van der Waals surface area contributed by atoms with Crippen LogP contribution in [0.3, 0.4) is 0 Å². The van der Waals surface area contributed by atoms with Gasteiger partial charge in [-0.1, -0.05) is 127 Å². The monoisotopic (exact) mass is 691 g/mol. The van der Waals surface area contributed by atoms with E-state index in [2.05, 4.69) is 202 Å². The van der Waals surface area contributed by atoms with Gasteiger partial charge in [0.2, 0.25) is 0 Å². The Labute approximate surface area is 313 Å². The predicted molar refractivity (Wildman–Crippen MR) is 219 cm³/mol. The highest BCUT2D eigenvalue weighted by atomic mass is 16.7. The molecule has 2 unspecified atom stereocenters. The molecule has 4 nitrogen and oxygen atoms in total. The van der Waals surface area contributed by atoms with Crippen molar-refractivity contribution in [2.45, 2.75) is 50.9 Å². The summed E-state index contributed by atoms with van der Waals surface area (Å²) in [7, 11) is -0.422. The minimum absolute atomic E-state index is 0.0506. The molecule has 6 aromatic rings. The summed E-state index contributed by atoms with van der Waals surface area (Å²) in [4.78, 5) is 2.33. The predicted octanol–water partition coefficient (Wildman–Crippen LogP) is 11.4. The van der Waals surface area contributed by atoms with E-state index in [4.69, 9.17) is 14.0 Å². The zero-order valence-corrected chi connectivity index (χ0v) is 30.6. The van der Waals surface area contributed by atoms with Crippen LogP contribution in [0.5, 0.6) is 5.75 Å². The molecule has 0 saturated carbocycles. The highest BCUT2D eigenvalue weighted by Gasteiger charge is 2.51. The molecule has 0 bridgehead atoms. The number of hydrogen-bond acceptors (Lipinski definition) is 4. The SMILES string of the molecule is CC1(C)OB(c2cccc(-c3cccc(N(c4ccc(-c5ccccc5)cc4)c4ccc(-c5cccc6c5OC5C=CC=CC65)cc4)c3)c2)OC1(C)C. The second-order valence-corrected chi connectivity index (χ2v) is 15.2. The molecule has 5 heteroatoms. The summed E-state index contributed by atoms with van der Waals surface area (Å²) in [5.41, 5.74) is 11.5. The highest BCUT2D eigenvalue weighted by Crippen LogP contribution is 2.47. The average molecular weight is 692 g/mol. The lowest BCUT2D eigenvalue weighted by Gasteiger charge is -2.32. The number of benzene rings is 6. The molecule has 0 radical (unpaired) electrons. The number of allylic oxidation sites excluding steroid dienone is 2. The maximum atomic E-state index is 6.51. The lowest BCUT2D eigenvalue weighted by atomic mass is 9.78. The van der Waals surface area contributed by atoms with Crippen LogP contribution in [-0.2, 0) is 9.31 Å². The molecule has 6 aromatic carbocycles. The van der Waals surface area contributed by atoms with Gasteiger partial charge >= 0.3 is 7.12 Å². The second-order valence-electron chi connectivity index (χ2n) is 15.2. The van der Waals surface area contributed by atoms with E-state index in [1.807, 2.05) is 0 Å². The van der Waals surface area contributed by atoms with Gasteiger partial charge in [-0.05, 0) is 103 Å². The van der Waals surface area contributed by atoms with Gasteiger partial charge in [0.1, 0.15) is 11.9 Å². The van der Waals surface area contributed by atoms with Gasteiger partial charge in [0, 0.05) is 34.1 Å². The van der Waals surface area contributed by atoms with Gasteiger partial charge in [-0.25, -0.2) is 0 Å². The van der Waals surface area contributed by atoms with Crippen molar-refractivity contribution in [3.63, 3.8) is 0 Å². The zero-order valence-electron chi connectivity index (χ0n) is 30.6. The number of para-hydroxylation sites is 1. The van der Waals surface area contributed by atoms with E-state index in [1.54, 1.807) is 0 Å². The van der Waals surface area contributed by atoms with Gasteiger partial charge < -0.3 is 18.9 Å². The molecule has 0 spiro atoms. The summed E-state index contributed by atoms with van der Waals surface area (Å²) in [5.74, 6) is 1.24. The van der Waals surface area contributed by atoms with Crippen molar-refractivity contribution in [1.82, 2.24) is 0 Å². The maximum absolute atomic E-state index is 6.51. The van der Waals surface area contributed by atoms with E-state index < -0.39 is 18.3 Å². The van der Waals surface area contributed by atoms with Crippen molar-refractivity contribution in [3.05, 3.63) is 175 Å². The van der Waals surface area contributed by atoms with E-state index >= 15 is 0 Å². The van der Waals surface area contributed by atoms with Gasteiger partial charge in [-0.2, -0.15) is 0 Å². The molecule has 0 amide bonds. The van der Waals surface area contributed by atoms with Gasteiger partial charge in [0.15, 0.2) is 0 Å². The Bertz CT molecular complexity index is 2330. The lowest BCUT2D eigenvalue weighted by Crippen LogP contribution is -2.41. The number of rotatable bonds is 7. The van der Waals surface area contributed by atoms with Crippen LogP contribution in [0.15, 0.2) is 170 Å². The Morgan fingerprint density at radius 3 is 1.81 bits per heavy atom. The summed E-state index contributed by atoms with van der Waals surface area (Å²) in [6, 6.07) is 52.0. The normalized spacial score (nSPS) is 19.1. The Kier molecular flexibility index (Phi) is 8.22. The maximum Gasteiger partial charge on any atom is 0.494 e. The van der Waals surface area contributed by atoms with Crippen molar-refractivity contribution >= 4 is 29.6 Å². The Hall–Kier alpha value is -5.62. The smallest absolute Gasteiger partial charge is 0.484 e. The molecule has 2 aliphatic heterocycles. The van der Waals surface area contributed by atoms with Gasteiger partial charge in [0.05, 0.1) is 11.2 Å². The molecule has 0 aromatic heterocycles. The second kappa shape index (κ2) is 13.1. The quantitative estimate of drug-likeness (QED) is 0.156. The molecule has 1 aliphatic carbocycles. The van der Waals surface area contributed by atoms with Gasteiger partial charge in [0.25, 0.3) is 0 Å². The topological polar surface area (TPSA) is 30.9 Å². The third-order valence-electron chi connectivity index (χ3n) is 11.3. The molecular weight excluding hydrogens is 649 g/mol. The zero-order chi connectivity index (χ0) is 36.2. The van der Waals surface area contributed by atoms with E-state index in [9.17, 15) is 0 Å². The van der Waals surface area contributed by atoms with E-state index in [0.717, 1.165) is 50.5 Å². The van der Waals surface area contributed by atoms with Crippen molar-refractivity contribution in [3.8, 4) is 39.1 Å². The fraction of sp³-hybridized carbons (Fsp3) is 0.167. The number of fused-ring (bicyclic) bond motifs is 3. The number of ether oxygens (including phenoxy) is 1. The summed E-state index contributed by atoms with van der Waals surface area (Å²) >= 11 is 0. The first-order valence-corrected chi connectivity index (χ1v) is 18.5. The van der Waals surface area contributed by atoms with Gasteiger partial charge in [-0.15, -0.1) is 0 Å². The van der Waals surface area contributed by atoms with Crippen molar-refractivity contribution in [1.29, 1.82) is 0 Å². The van der Waals surface area contributed by atoms with Crippen molar-refractivity contribution in [2.24, 2.45) is 0 Å². The first kappa shape index (κ1) is 33.2. The largest absolute Gasteiger partial charge is 0.494 e. The summed E-state index contributed by atoms with van der Waals surface area (Å²) in [6.07, 6.45) is 8.64. The van der Waals surface area contributed by atoms with Crippen LogP contribution in [0.1, 0.15) is 39.2 Å². The highest BCUT2D eigenvalue weighted by molar-refractivity contribution is 6.62. The van der Waals surface area contributed by atoms with Crippen LogP contribution >= 0.6 is 0 Å². The summed E-state index contributed by atoms with van der Waals surface area (Å²) in [5, 5.41) is 0. The van der Waals surface area contributed by atoms with Crippen LogP contribution in [0.2, 0.25) is 0 Å². The molecule has 260 valence electrons. The lowest BCUT2D eigenvalue weighted by molar-refractivity contribution is 0.00578. The Morgan fingerprint density at radius 1 is 0.509 bits per heavy atom. The molecule has 1 saturated heterocycles. The fourth-order valence-corrected chi connectivity index (χ4v) is 7.63. The van der Waals surface area contributed by atoms with E-state index in [-0.39, 0.29) is 12.0 Å². The van der Waals surface area contributed by atoms with Crippen LogP contribution in [-0.4, -0.2) is 24.4 Å². The fourth-order valence-electron chi connectivity index (χ4n) is 7.63. The van der Waals surface area contributed by atoms with Crippen LogP contribution in [0.4, 0.5) is 17.1 Å². The van der Waals surface area contributed by atoms with Crippen molar-refractivity contribution < 1.29 is 14.0 Å². The van der Waals surface area contributed by atoms with Crippen LogP contribution < -0.4 is 15.1 Å². The molecular formula is C48H42BNO3. The van der Waals surface area contributed by atoms with Crippen LogP contribution in [0, 0.1) is 0 Å². The Balaban J connectivity index is 1.08. The minimum Gasteiger partial charge on any atom is -0.484 e. The molecule has 1 fully saturated rings. The first-order chi connectivity index (χ1) is 25.7. The molecule has 2 atom stereocenters. The standard InChI is InChI=1S/C48H42BNO3/c1-47(2)48(3,4)53-49(52-47)38-17-10-15-36(31-38)37-16-11-18-41(32-37)50(39-27-23-34(24-28-39)33-13-6-5-7-14-33)40-29-25-35(26-30-40)42-20-12-21-44-43-19-8-9-22-45(43)51-46(42)44/h5-32,43,45H,1-4H3. The minimum atomic E-state index is -0.422. The van der Waals surface area contributed by atoms with E-state index in [0.29, 0.717) is 0 Å². The number of anilines is 3. The molecule has 53 heavy (non-hydrogen) atoms. The average Bonchev–Trinajstić information content (AvgIpc) is 3.68. The molecule has 3 aliphatic rings. The summed E-state index contributed by atoms with van der Waals surface area (Å²) < 4.78 is 19.3. The molecule has 9 rings (SSSR count). The summed E-state index contributed by atoms with van der Waals surface area (Å²) in [6.45, 7) is 8.37. The van der Waals surface area contributed by atoms with Crippen molar-refractivity contribution in [2.75, 3.05) is 4.90 Å². The number of hydrogen-bond donors (Lipinski definition) is 0.